The van der Waals surface area contributed by atoms with Crippen LogP contribution >= 0.6 is 0 Å². The third-order valence-electron chi connectivity index (χ3n) is 8.04. The van der Waals surface area contributed by atoms with Gasteiger partial charge in [0.05, 0.1) is 12.8 Å². The molecule has 170 valence electrons. The maximum atomic E-state index is 5.79. The van der Waals surface area contributed by atoms with Crippen LogP contribution in [0.25, 0.3) is 0 Å². The molecule has 2 saturated carbocycles. The van der Waals surface area contributed by atoms with E-state index in [1.54, 1.807) is 0 Å². The van der Waals surface area contributed by atoms with Gasteiger partial charge in [-0.1, -0.05) is 71.6 Å². The topological polar surface area (TPSA) is 22.1 Å². The zero-order chi connectivity index (χ0) is 21.0. The summed E-state index contributed by atoms with van der Waals surface area (Å²) in [5, 5.41) is 0. The van der Waals surface area contributed by atoms with Crippen LogP contribution in [0.3, 0.4) is 0 Å². The maximum absolute atomic E-state index is 5.79. The average Bonchev–Trinajstić information content (AvgIpc) is 2.81. The van der Waals surface area contributed by atoms with Gasteiger partial charge in [0.15, 0.2) is 0 Å². The molecule has 2 aliphatic rings. The lowest BCUT2D eigenvalue weighted by atomic mass is 9.68. The molecule has 0 aliphatic heterocycles. The molecule has 0 unspecified atom stereocenters. The SMILES string of the molecule is CCCCCOc1ccc(CCC2CCC([C@H]3CC[C@H](CCCC)CC3)CC2)nc1. The van der Waals surface area contributed by atoms with Gasteiger partial charge in [0, 0.05) is 5.69 Å². The van der Waals surface area contributed by atoms with Gasteiger partial charge < -0.3 is 4.74 Å². The van der Waals surface area contributed by atoms with E-state index < -0.39 is 0 Å². The van der Waals surface area contributed by atoms with E-state index >= 15 is 0 Å². The minimum absolute atomic E-state index is 0.818. The molecule has 1 aromatic heterocycles. The molecule has 0 N–H and O–H groups in total. The fraction of sp³-hybridized carbons (Fsp3) is 0.821. The van der Waals surface area contributed by atoms with Crippen molar-refractivity contribution in [1.29, 1.82) is 0 Å². The molecule has 1 aromatic rings. The summed E-state index contributed by atoms with van der Waals surface area (Å²) < 4.78 is 5.79. The second-order valence-electron chi connectivity index (χ2n) is 10.3. The van der Waals surface area contributed by atoms with Crippen LogP contribution < -0.4 is 4.74 Å². The summed E-state index contributed by atoms with van der Waals surface area (Å²) in [4.78, 5) is 4.65. The molecule has 0 saturated heterocycles. The van der Waals surface area contributed by atoms with E-state index in [-0.39, 0.29) is 0 Å². The normalized spacial score (nSPS) is 27.1. The number of unbranched alkanes of at least 4 members (excludes halogenated alkanes) is 3. The number of aromatic nitrogens is 1. The largest absolute Gasteiger partial charge is 0.492 e. The molecule has 0 amide bonds. The monoisotopic (exact) mass is 413 g/mol. The number of rotatable bonds is 12. The first-order chi connectivity index (χ1) is 14.8. The van der Waals surface area contributed by atoms with Gasteiger partial charge in [-0.2, -0.15) is 0 Å². The van der Waals surface area contributed by atoms with Crippen molar-refractivity contribution in [3.05, 3.63) is 24.0 Å². The lowest BCUT2D eigenvalue weighted by Crippen LogP contribution is -2.26. The fourth-order valence-corrected chi connectivity index (χ4v) is 5.93. The maximum Gasteiger partial charge on any atom is 0.137 e. The van der Waals surface area contributed by atoms with Gasteiger partial charge in [-0.25, -0.2) is 0 Å². The first-order valence-corrected chi connectivity index (χ1v) is 13.4. The first-order valence-electron chi connectivity index (χ1n) is 13.4. The molecule has 1 heterocycles. The highest BCUT2D eigenvalue weighted by Gasteiger charge is 2.30. The number of hydrogen-bond donors (Lipinski definition) is 0. The average molecular weight is 414 g/mol. The summed E-state index contributed by atoms with van der Waals surface area (Å²) in [5.41, 5.74) is 1.24. The van der Waals surface area contributed by atoms with Gasteiger partial charge in [-0.15, -0.1) is 0 Å². The zero-order valence-electron chi connectivity index (χ0n) is 19.9. The molecular weight excluding hydrogens is 366 g/mol. The smallest absolute Gasteiger partial charge is 0.137 e. The van der Waals surface area contributed by atoms with Crippen LogP contribution in [0.4, 0.5) is 0 Å². The van der Waals surface area contributed by atoms with Crippen LogP contribution in [0.5, 0.6) is 5.75 Å². The van der Waals surface area contributed by atoms with Crippen LogP contribution in [-0.4, -0.2) is 11.6 Å². The van der Waals surface area contributed by atoms with Crippen LogP contribution in [0.15, 0.2) is 18.3 Å². The Bertz CT molecular complexity index is 553. The fourth-order valence-electron chi connectivity index (χ4n) is 5.93. The minimum atomic E-state index is 0.818. The van der Waals surface area contributed by atoms with Crippen LogP contribution in [0.2, 0.25) is 0 Å². The Hall–Kier alpha value is -1.05. The third-order valence-corrected chi connectivity index (χ3v) is 8.04. The lowest BCUT2D eigenvalue weighted by Gasteiger charge is -2.38. The predicted molar refractivity (Wildman–Crippen MR) is 128 cm³/mol. The molecule has 2 aliphatic carbocycles. The molecule has 30 heavy (non-hydrogen) atoms. The number of hydrogen-bond acceptors (Lipinski definition) is 2. The molecule has 2 heteroatoms. The van der Waals surface area contributed by atoms with Crippen molar-refractivity contribution in [2.45, 2.75) is 117 Å². The van der Waals surface area contributed by atoms with Crippen molar-refractivity contribution in [2.24, 2.45) is 23.7 Å². The van der Waals surface area contributed by atoms with Crippen LogP contribution in [-0.2, 0) is 6.42 Å². The summed E-state index contributed by atoms with van der Waals surface area (Å²) in [7, 11) is 0. The highest BCUT2D eigenvalue weighted by Crippen LogP contribution is 2.43. The van der Waals surface area contributed by atoms with Crippen molar-refractivity contribution in [2.75, 3.05) is 6.61 Å². The number of nitrogens with zero attached hydrogens (tertiary/aromatic N) is 1. The Balaban J connectivity index is 1.30. The highest BCUT2D eigenvalue weighted by molar-refractivity contribution is 5.19. The molecule has 0 atom stereocenters. The Morgan fingerprint density at radius 1 is 0.767 bits per heavy atom. The summed E-state index contributed by atoms with van der Waals surface area (Å²) in [6.07, 6.45) is 24.3. The van der Waals surface area contributed by atoms with E-state index in [1.807, 2.05) is 6.20 Å². The predicted octanol–water partition coefficient (Wildman–Crippen LogP) is 8.39. The molecule has 0 radical (unpaired) electrons. The third kappa shape index (κ3) is 7.89. The van der Waals surface area contributed by atoms with Gasteiger partial charge in [0.1, 0.15) is 5.75 Å². The van der Waals surface area contributed by atoms with E-state index in [0.29, 0.717) is 0 Å². The van der Waals surface area contributed by atoms with Gasteiger partial charge in [-0.05, 0) is 80.8 Å². The minimum Gasteiger partial charge on any atom is -0.492 e. The second kappa shape index (κ2) is 13.4. The highest BCUT2D eigenvalue weighted by atomic mass is 16.5. The first kappa shape index (κ1) is 23.6. The van der Waals surface area contributed by atoms with Crippen molar-refractivity contribution < 1.29 is 4.74 Å². The molecule has 2 nitrogen and oxygen atoms in total. The standard InChI is InChI=1S/C28H47NO/c1-3-5-7-21-30-28-20-19-27(29-22-28)18-13-24-11-16-26(17-12-24)25-14-9-23(10-15-25)8-6-4-2/h19-20,22-26H,3-18,21H2,1-2H3/t23-,24?,25-,26?. The summed E-state index contributed by atoms with van der Waals surface area (Å²) in [6, 6.07) is 4.29. The van der Waals surface area contributed by atoms with Crippen LogP contribution in [0.1, 0.15) is 116 Å². The van der Waals surface area contributed by atoms with Crippen molar-refractivity contribution in [1.82, 2.24) is 4.98 Å². The van der Waals surface area contributed by atoms with Gasteiger partial charge in [-0.3, -0.25) is 4.98 Å². The Morgan fingerprint density at radius 3 is 1.97 bits per heavy atom. The van der Waals surface area contributed by atoms with E-state index in [9.17, 15) is 0 Å². The van der Waals surface area contributed by atoms with Crippen LogP contribution in [0, 0.1) is 23.7 Å². The Kier molecular flexibility index (Phi) is 10.5. The molecule has 0 aromatic carbocycles. The van der Waals surface area contributed by atoms with Gasteiger partial charge >= 0.3 is 0 Å². The second-order valence-corrected chi connectivity index (χ2v) is 10.3. The Labute approximate surface area is 186 Å². The number of aryl methyl sites for hydroxylation is 1. The van der Waals surface area contributed by atoms with E-state index in [2.05, 4.69) is 31.0 Å². The van der Waals surface area contributed by atoms with Crippen molar-refractivity contribution in [3.63, 3.8) is 0 Å². The van der Waals surface area contributed by atoms with Gasteiger partial charge in [0.25, 0.3) is 0 Å². The van der Waals surface area contributed by atoms with Gasteiger partial charge in [0.2, 0.25) is 0 Å². The lowest BCUT2D eigenvalue weighted by molar-refractivity contribution is 0.140. The number of pyridine rings is 1. The Morgan fingerprint density at radius 2 is 1.40 bits per heavy atom. The van der Waals surface area contributed by atoms with Crippen molar-refractivity contribution in [3.8, 4) is 5.75 Å². The molecular formula is C28H47NO. The zero-order valence-corrected chi connectivity index (χ0v) is 19.9. The van der Waals surface area contributed by atoms with E-state index in [4.69, 9.17) is 4.74 Å². The summed E-state index contributed by atoms with van der Waals surface area (Å²) in [5.74, 6) is 5.00. The molecule has 2 fully saturated rings. The molecule has 0 spiro atoms. The summed E-state index contributed by atoms with van der Waals surface area (Å²) in [6.45, 7) is 5.38. The summed E-state index contributed by atoms with van der Waals surface area (Å²) >= 11 is 0. The van der Waals surface area contributed by atoms with E-state index in [1.165, 1.54) is 95.6 Å². The van der Waals surface area contributed by atoms with E-state index in [0.717, 1.165) is 48.9 Å². The molecule has 3 rings (SSSR count). The number of ether oxygens (including phenoxy) is 1. The molecule has 0 bridgehead atoms. The quantitative estimate of drug-likeness (QED) is 0.321. The van der Waals surface area contributed by atoms with Crippen molar-refractivity contribution >= 4 is 0 Å².